The zero-order valence-electron chi connectivity index (χ0n) is 12.4. The van der Waals surface area contributed by atoms with Gasteiger partial charge in [-0.1, -0.05) is 43.3 Å². The van der Waals surface area contributed by atoms with Crippen LogP contribution in [-0.2, 0) is 0 Å². The summed E-state index contributed by atoms with van der Waals surface area (Å²) in [6, 6.07) is 20.2. The minimum absolute atomic E-state index is 0.407. The molecule has 1 N–H and O–H groups in total. The summed E-state index contributed by atoms with van der Waals surface area (Å²) < 4.78 is 0. The third kappa shape index (κ3) is 2.15. The van der Waals surface area contributed by atoms with E-state index >= 15 is 0 Å². The van der Waals surface area contributed by atoms with Gasteiger partial charge in [0, 0.05) is 30.4 Å². The van der Waals surface area contributed by atoms with E-state index in [0.717, 1.165) is 0 Å². The smallest absolute Gasteiger partial charge is 0.0604 e. The highest BCUT2D eigenvalue weighted by Gasteiger charge is 2.33. The Morgan fingerprint density at radius 1 is 0.900 bits per heavy atom. The van der Waals surface area contributed by atoms with E-state index < -0.39 is 0 Å². The van der Waals surface area contributed by atoms with Gasteiger partial charge in [0.2, 0.25) is 0 Å². The van der Waals surface area contributed by atoms with Crippen LogP contribution >= 0.6 is 0 Å². The molecular weight excluding hydrogens is 244 g/mol. The lowest BCUT2D eigenvalue weighted by Gasteiger charge is -2.43. The van der Waals surface area contributed by atoms with Crippen molar-refractivity contribution in [3.63, 3.8) is 0 Å². The van der Waals surface area contributed by atoms with Crippen LogP contribution in [-0.4, -0.2) is 13.1 Å². The van der Waals surface area contributed by atoms with Crippen LogP contribution < -0.4 is 10.2 Å². The van der Waals surface area contributed by atoms with Crippen LogP contribution in [0.2, 0.25) is 0 Å². The lowest BCUT2D eigenvalue weighted by atomic mass is 9.83. The summed E-state index contributed by atoms with van der Waals surface area (Å²) in [4.78, 5) is 2.40. The SMILES string of the molecule is C[C@@H]1Nc2ccccc2C(N(C)c2ccccc2)[C@H]1C. The lowest BCUT2D eigenvalue weighted by Crippen LogP contribution is -2.41. The summed E-state index contributed by atoms with van der Waals surface area (Å²) in [7, 11) is 2.20. The molecule has 0 fully saturated rings. The van der Waals surface area contributed by atoms with Gasteiger partial charge < -0.3 is 10.2 Å². The molecule has 0 spiro atoms. The number of nitrogens with zero attached hydrogens (tertiary/aromatic N) is 1. The molecule has 0 saturated carbocycles. The van der Waals surface area contributed by atoms with Crippen LogP contribution in [0, 0.1) is 5.92 Å². The summed E-state index contributed by atoms with van der Waals surface area (Å²) in [6.07, 6.45) is 0. The van der Waals surface area contributed by atoms with Crippen LogP contribution in [0.25, 0.3) is 0 Å². The van der Waals surface area contributed by atoms with Crippen molar-refractivity contribution in [1.29, 1.82) is 0 Å². The summed E-state index contributed by atoms with van der Waals surface area (Å²) in [5.74, 6) is 0.551. The lowest BCUT2D eigenvalue weighted by molar-refractivity contribution is 0.394. The van der Waals surface area contributed by atoms with Crippen molar-refractivity contribution in [1.82, 2.24) is 0 Å². The van der Waals surface area contributed by atoms with Gasteiger partial charge in [-0.3, -0.25) is 0 Å². The maximum atomic E-state index is 3.62. The number of nitrogens with one attached hydrogen (secondary N) is 1. The van der Waals surface area contributed by atoms with Gasteiger partial charge in [-0.15, -0.1) is 0 Å². The fourth-order valence-electron chi connectivity index (χ4n) is 3.20. The number of hydrogen-bond acceptors (Lipinski definition) is 2. The van der Waals surface area contributed by atoms with E-state index in [2.05, 4.69) is 85.7 Å². The number of para-hydroxylation sites is 2. The number of benzene rings is 2. The van der Waals surface area contributed by atoms with Gasteiger partial charge in [0.25, 0.3) is 0 Å². The first kappa shape index (κ1) is 13.0. The summed E-state index contributed by atoms with van der Waals surface area (Å²) in [5, 5.41) is 3.62. The van der Waals surface area contributed by atoms with Crippen LogP contribution in [0.15, 0.2) is 54.6 Å². The molecule has 0 saturated heterocycles. The summed E-state index contributed by atoms with van der Waals surface area (Å²) >= 11 is 0. The van der Waals surface area contributed by atoms with Gasteiger partial charge in [0.05, 0.1) is 6.04 Å². The van der Waals surface area contributed by atoms with Crippen molar-refractivity contribution in [2.24, 2.45) is 5.92 Å². The molecule has 0 aliphatic carbocycles. The molecule has 1 aliphatic heterocycles. The normalized spacial score (nSPS) is 24.6. The largest absolute Gasteiger partial charge is 0.382 e. The maximum Gasteiger partial charge on any atom is 0.0604 e. The van der Waals surface area contributed by atoms with Crippen LogP contribution in [0.4, 0.5) is 11.4 Å². The molecule has 3 rings (SSSR count). The molecule has 0 amide bonds. The van der Waals surface area contributed by atoms with Crippen molar-refractivity contribution in [3.8, 4) is 0 Å². The average Bonchev–Trinajstić information content (AvgIpc) is 2.49. The molecule has 2 aromatic carbocycles. The Labute approximate surface area is 121 Å². The molecule has 104 valence electrons. The van der Waals surface area contributed by atoms with Crippen molar-refractivity contribution in [3.05, 3.63) is 60.2 Å². The molecule has 1 unspecified atom stereocenters. The first-order valence-corrected chi connectivity index (χ1v) is 7.32. The van der Waals surface area contributed by atoms with Crippen molar-refractivity contribution in [2.75, 3.05) is 17.3 Å². The second-order valence-electron chi connectivity index (χ2n) is 5.77. The fourth-order valence-corrected chi connectivity index (χ4v) is 3.20. The Kier molecular flexibility index (Phi) is 3.39. The highest BCUT2D eigenvalue weighted by atomic mass is 15.2. The molecule has 20 heavy (non-hydrogen) atoms. The van der Waals surface area contributed by atoms with Gasteiger partial charge in [-0.2, -0.15) is 0 Å². The highest BCUT2D eigenvalue weighted by molar-refractivity contribution is 5.60. The maximum absolute atomic E-state index is 3.62. The van der Waals surface area contributed by atoms with E-state index in [1.807, 2.05) is 0 Å². The summed E-state index contributed by atoms with van der Waals surface area (Å²) in [5.41, 5.74) is 3.93. The zero-order valence-corrected chi connectivity index (χ0v) is 12.4. The van der Waals surface area contributed by atoms with E-state index in [0.29, 0.717) is 18.0 Å². The molecular formula is C18H22N2. The second-order valence-corrected chi connectivity index (χ2v) is 5.77. The second kappa shape index (κ2) is 5.20. The Morgan fingerprint density at radius 2 is 1.55 bits per heavy atom. The van der Waals surface area contributed by atoms with Crippen LogP contribution in [0.3, 0.4) is 0 Å². The first-order chi connectivity index (χ1) is 9.68. The van der Waals surface area contributed by atoms with Crippen molar-refractivity contribution < 1.29 is 0 Å². The highest BCUT2D eigenvalue weighted by Crippen LogP contribution is 2.41. The quantitative estimate of drug-likeness (QED) is 0.871. The molecule has 2 nitrogen and oxygen atoms in total. The van der Waals surface area contributed by atoms with Gasteiger partial charge in [0.15, 0.2) is 0 Å². The Balaban J connectivity index is 2.03. The number of hydrogen-bond donors (Lipinski definition) is 1. The number of fused-ring (bicyclic) bond motifs is 1. The predicted molar refractivity (Wildman–Crippen MR) is 86.3 cm³/mol. The Morgan fingerprint density at radius 3 is 2.30 bits per heavy atom. The third-order valence-corrected chi connectivity index (χ3v) is 4.53. The molecule has 3 atom stereocenters. The minimum Gasteiger partial charge on any atom is -0.382 e. The van der Waals surface area contributed by atoms with Crippen molar-refractivity contribution >= 4 is 11.4 Å². The van der Waals surface area contributed by atoms with Crippen molar-refractivity contribution in [2.45, 2.75) is 25.9 Å². The molecule has 1 aliphatic rings. The Bertz CT molecular complexity index is 579. The standard InChI is InChI=1S/C18H22N2/c1-13-14(2)19-17-12-8-7-11-16(17)18(13)20(3)15-9-5-4-6-10-15/h4-14,18-19H,1-3H3/t13-,14-,18?/m0/s1. The minimum atomic E-state index is 0.407. The van der Waals surface area contributed by atoms with Gasteiger partial charge >= 0.3 is 0 Å². The van der Waals surface area contributed by atoms with E-state index in [4.69, 9.17) is 0 Å². The van der Waals surface area contributed by atoms with Gasteiger partial charge in [-0.25, -0.2) is 0 Å². The molecule has 1 heterocycles. The van der Waals surface area contributed by atoms with E-state index in [9.17, 15) is 0 Å². The molecule has 2 heteroatoms. The van der Waals surface area contributed by atoms with Crippen LogP contribution in [0.1, 0.15) is 25.5 Å². The van der Waals surface area contributed by atoms with E-state index in [-0.39, 0.29) is 0 Å². The third-order valence-electron chi connectivity index (χ3n) is 4.53. The van der Waals surface area contributed by atoms with E-state index in [1.54, 1.807) is 0 Å². The van der Waals surface area contributed by atoms with E-state index in [1.165, 1.54) is 16.9 Å². The number of anilines is 2. The number of rotatable bonds is 2. The Hall–Kier alpha value is -1.96. The first-order valence-electron chi connectivity index (χ1n) is 7.32. The van der Waals surface area contributed by atoms with Gasteiger partial charge in [0.1, 0.15) is 0 Å². The fraction of sp³-hybridized carbons (Fsp3) is 0.333. The topological polar surface area (TPSA) is 15.3 Å². The molecule has 0 bridgehead atoms. The molecule has 2 aromatic rings. The molecule has 0 radical (unpaired) electrons. The van der Waals surface area contributed by atoms with Crippen LogP contribution in [0.5, 0.6) is 0 Å². The predicted octanol–water partition coefficient (Wildman–Crippen LogP) is 4.31. The monoisotopic (exact) mass is 266 g/mol. The average molecular weight is 266 g/mol. The summed E-state index contributed by atoms with van der Waals surface area (Å²) in [6.45, 7) is 4.60. The molecule has 0 aromatic heterocycles. The zero-order chi connectivity index (χ0) is 14.1. The van der Waals surface area contributed by atoms with Gasteiger partial charge in [-0.05, 0) is 30.7 Å².